The normalized spacial score (nSPS) is 11.2. The molecule has 0 spiro atoms. The predicted molar refractivity (Wildman–Crippen MR) is 73.2 cm³/mol. The minimum absolute atomic E-state index is 0.421. The summed E-state index contributed by atoms with van der Waals surface area (Å²) in [5.41, 5.74) is 4.52. The van der Waals surface area contributed by atoms with Gasteiger partial charge in [-0.2, -0.15) is 11.3 Å². The van der Waals surface area contributed by atoms with E-state index in [1.54, 1.807) is 11.3 Å². The van der Waals surface area contributed by atoms with Gasteiger partial charge < -0.3 is 0 Å². The van der Waals surface area contributed by atoms with Gasteiger partial charge in [-0.15, -0.1) is 11.6 Å². The highest BCUT2D eigenvalue weighted by molar-refractivity contribution is 7.08. The molecule has 0 radical (unpaired) electrons. The summed E-state index contributed by atoms with van der Waals surface area (Å²) in [5.74, 6) is 1.32. The summed E-state index contributed by atoms with van der Waals surface area (Å²) in [5, 5.41) is 4.18. The van der Waals surface area contributed by atoms with Gasteiger partial charge in [0.2, 0.25) is 0 Å². The van der Waals surface area contributed by atoms with E-state index < -0.39 is 0 Å². The molecule has 0 fully saturated rings. The summed E-state index contributed by atoms with van der Waals surface area (Å²) in [6.45, 7) is 2.10. The van der Waals surface area contributed by atoms with Crippen molar-refractivity contribution in [3.05, 3.63) is 46.4 Å². The molecule has 2 aromatic heterocycles. The van der Waals surface area contributed by atoms with Crippen LogP contribution in [0.1, 0.15) is 11.4 Å². The highest BCUT2D eigenvalue weighted by Crippen LogP contribution is 2.26. The van der Waals surface area contributed by atoms with Crippen molar-refractivity contribution in [1.29, 1.82) is 0 Å². The van der Waals surface area contributed by atoms with Crippen molar-refractivity contribution in [3.8, 4) is 5.69 Å². The first-order valence-electron chi connectivity index (χ1n) is 5.36. The molecule has 0 aliphatic rings. The lowest BCUT2D eigenvalue weighted by Crippen LogP contribution is -1.98. The third-order valence-corrected chi connectivity index (χ3v) is 3.74. The minimum atomic E-state index is 0.421. The van der Waals surface area contributed by atoms with Crippen LogP contribution in [-0.4, -0.2) is 9.55 Å². The largest absolute Gasteiger partial charge is 0.294 e. The molecule has 0 atom stereocenters. The van der Waals surface area contributed by atoms with E-state index in [0.717, 1.165) is 22.5 Å². The van der Waals surface area contributed by atoms with Gasteiger partial charge in [0.25, 0.3) is 0 Å². The summed E-state index contributed by atoms with van der Waals surface area (Å²) in [4.78, 5) is 4.58. The zero-order chi connectivity index (χ0) is 11.8. The number of benzene rings is 1. The van der Waals surface area contributed by atoms with Crippen molar-refractivity contribution in [2.75, 3.05) is 0 Å². The zero-order valence-electron chi connectivity index (χ0n) is 9.35. The summed E-state index contributed by atoms with van der Waals surface area (Å²) >= 11 is 7.67. The lowest BCUT2D eigenvalue weighted by Gasteiger charge is -2.06. The Labute approximate surface area is 108 Å². The maximum atomic E-state index is 5.99. The number of hydrogen-bond donors (Lipinski definition) is 0. The van der Waals surface area contributed by atoms with Crippen LogP contribution in [0.25, 0.3) is 16.7 Å². The molecular weight excluding hydrogens is 252 g/mol. The summed E-state index contributed by atoms with van der Waals surface area (Å²) in [6, 6.07) is 8.25. The van der Waals surface area contributed by atoms with E-state index in [-0.39, 0.29) is 0 Å². The molecule has 2 nitrogen and oxygen atoms in total. The van der Waals surface area contributed by atoms with E-state index in [0.29, 0.717) is 5.88 Å². The smallest absolute Gasteiger partial charge is 0.129 e. The highest BCUT2D eigenvalue weighted by atomic mass is 35.5. The molecule has 0 amide bonds. The number of fused-ring (bicyclic) bond motifs is 1. The van der Waals surface area contributed by atoms with Crippen LogP contribution in [-0.2, 0) is 5.88 Å². The van der Waals surface area contributed by atoms with Crippen LogP contribution < -0.4 is 0 Å². The summed E-state index contributed by atoms with van der Waals surface area (Å²) in [6.07, 6.45) is 0. The average Bonchev–Trinajstić information content (AvgIpc) is 2.95. The number of alkyl halides is 1. The van der Waals surface area contributed by atoms with Crippen molar-refractivity contribution in [3.63, 3.8) is 0 Å². The summed E-state index contributed by atoms with van der Waals surface area (Å²) < 4.78 is 2.15. The number of nitrogens with zero attached hydrogens (tertiary/aromatic N) is 2. The number of rotatable bonds is 2. The van der Waals surface area contributed by atoms with Gasteiger partial charge in [0.1, 0.15) is 5.82 Å². The van der Waals surface area contributed by atoms with Crippen molar-refractivity contribution in [2.24, 2.45) is 0 Å². The van der Waals surface area contributed by atoms with Gasteiger partial charge in [0.05, 0.1) is 22.6 Å². The van der Waals surface area contributed by atoms with Crippen molar-refractivity contribution < 1.29 is 0 Å². The summed E-state index contributed by atoms with van der Waals surface area (Å²) in [7, 11) is 0. The molecule has 4 heteroatoms. The molecule has 17 heavy (non-hydrogen) atoms. The SMILES string of the molecule is Cc1cccc2nc(CCl)n(-c3ccsc3)c12. The number of imidazole rings is 1. The fraction of sp³-hybridized carbons (Fsp3) is 0.154. The van der Waals surface area contributed by atoms with E-state index in [4.69, 9.17) is 11.6 Å². The fourth-order valence-corrected chi connectivity index (χ4v) is 2.89. The second kappa shape index (κ2) is 4.17. The van der Waals surface area contributed by atoms with Crippen LogP contribution in [0.15, 0.2) is 35.0 Å². The van der Waals surface area contributed by atoms with E-state index in [2.05, 4.69) is 39.4 Å². The monoisotopic (exact) mass is 262 g/mol. The Morgan fingerprint density at radius 2 is 2.24 bits per heavy atom. The van der Waals surface area contributed by atoms with Crippen molar-refractivity contribution in [2.45, 2.75) is 12.8 Å². The molecule has 0 saturated carbocycles. The molecule has 0 unspecified atom stereocenters. The van der Waals surface area contributed by atoms with Gasteiger partial charge in [0, 0.05) is 5.38 Å². The molecule has 0 N–H and O–H groups in total. The number of thiophene rings is 1. The number of aryl methyl sites for hydroxylation is 1. The Balaban J connectivity index is 2.41. The molecule has 0 aliphatic carbocycles. The first-order chi connectivity index (χ1) is 8.31. The molecule has 3 rings (SSSR count). The molecule has 3 aromatic rings. The second-order valence-corrected chi connectivity index (χ2v) is 4.97. The quantitative estimate of drug-likeness (QED) is 0.635. The Morgan fingerprint density at radius 1 is 1.35 bits per heavy atom. The number of para-hydroxylation sites is 1. The topological polar surface area (TPSA) is 17.8 Å². The maximum absolute atomic E-state index is 5.99. The Kier molecular flexibility index (Phi) is 2.65. The second-order valence-electron chi connectivity index (χ2n) is 3.92. The zero-order valence-corrected chi connectivity index (χ0v) is 10.9. The van der Waals surface area contributed by atoms with E-state index >= 15 is 0 Å². The Bertz CT molecular complexity index is 655. The van der Waals surface area contributed by atoms with Crippen LogP contribution in [0.5, 0.6) is 0 Å². The van der Waals surface area contributed by atoms with Crippen molar-refractivity contribution in [1.82, 2.24) is 9.55 Å². The Morgan fingerprint density at radius 3 is 2.94 bits per heavy atom. The van der Waals surface area contributed by atoms with Crippen LogP contribution in [0, 0.1) is 6.92 Å². The molecule has 86 valence electrons. The van der Waals surface area contributed by atoms with Crippen LogP contribution in [0.4, 0.5) is 0 Å². The number of aromatic nitrogens is 2. The predicted octanol–water partition coefficient (Wildman–Crippen LogP) is 4.13. The van der Waals surface area contributed by atoms with Gasteiger partial charge in [-0.25, -0.2) is 4.98 Å². The van der Waals surface area contributed by atoms with Crippen LogP contribution >= 0.6 is 22.9 Å². The van der Waals surface area contributed by atoms with E-state index in [9.17, 15) is 0 Å². The number of halogens is 1. The Hall–Kier alpha value is -1.32. The number of hydrogen-bond acceptors (Lipinski definition) is 2. The molecular formula is C13H11ClN2S. The standard InChI is InChI=1S/C13H11ClN2S/c1-9-3-2-4-11-13(9)16(12(7-14)15-11)10-5-6-17-8-10/h2-6,8H,7H2,1H3. The highest BCUT2D eigenvalue weighted by Gasteiger charge is 2.13. The van der Waals surface area contributed by atoms with Crippen LogP contribution in [0.2, 0.25) is 0 Å². The van der Waals surface area contributed by atoms with Gasteiger partial charge in [-0.1, -0.05) is 12.1 Å². The third-order valence-electron chi connectivity index (χ3n) is 2.83. The fourth-order valence-electron chi connectivity index (χ4n) is 2.09. The molecule has 0 aliphatic heterocycles. The van der Waals surface area contributed by atoms with Gasteiger partial charge in [-0.3, -0.25) is 4.57 Å². The average molecular weight is 263 g/mol. The molecule has 2 heterocycles. The lowest BCUT2D eigenvalue weighted by molar-refractivity contribution is 0.984. The van der Waals surface area contributed by atoms with Crippen molar-refractivity contribution >= 4 is 34.0 Å². The van der Waals surface area contributed by atoms with E-state index in [1.807, 2.05) is 12.1 Å². The molecule has 1 aromatic carbocycles. The maximum Gasteiger partial charge on any atom is 0.129 e. The van der Waals surface area contributed by atoms with Gasteiger partial charge in [0.15, 0.2) is 0 Å². The first kappa shape index (κ1) is 10.8. The van der Waals surface area contributed by atoms with E-state index in [1.165, 1.54) is 5.56 Å². The van der Waals surface area contributed by atoms with Crippen LogP contribution in [0.3, 0.4) is 0 Å². The molecule has 0 bridgehead atoms. The van der Waals surface area contributed by atoms with Gasteiger partial charge >= 0.3 is 0 Å². The molecule has 0 saturated heterocycles. The van der Waals surface area contributed by atoms with Gasteiger partial charge in [-0.05, 0) is 30.0 Å². The lowest BCUT2D eigenvalue weighted by atomic mass is 10.2. The first-order valence-corrected chi connectivity index (χ1v) is 6.84. The minimum Gasteiger partial charge on any atom is -0.294 e. The third kappa shape index (κ3) is 1.66.